The minimum absolute atomic E-state index is 0.163. The molecular weight excluding hydrogens is 208 g/mol. The summed E-state index contributed by atoms with van der Waals surface area (Å²) < 4.78 is 0. The molecule has 1 unspecified atom stereocenters. The summed E-state index contributed by atoms with van der Waals surface area (Å²) in [6.45, 7) is 10.9. The Morgan fingerprint density at radius 3 is 2.00 bits per heavy atom. The van der Waals surface area contributed by atoms with Crippen LogP contribution in [0, 0.1) is 11.3 Å². The van der Waals surface area contributed by atoms with Crippen molar-refractivity contribution >= 4 is 0 Å². The van der Waals surface area contributed by atoms with E-state index in [1.165, 1.54) is 5.56 Å². The molecule has 0 saturated heterocycles. The lowest BCUT2D eigenvalue weighted by atomic mass is 9.86. The molecule has 0 aliphatic heterocycles. The van der Waals surface area contributed by atoms with Crippen molar-refractivity contribution in [2.75, 3.05) is 0 Å². The van der Waals surface area contributed by atoms with Crippen molar-refractivity contribution in [3.8, 4) is 0 Å². The van der Waals surface area contributed by atoms with Crippen molar-refractivity contribution in [3.63, 3.8) is 0 Å². The van der Waals surface area contributed by atoms with Gasteiger partial charge in [-0.15, -0.1) is 0 Å². The van der Waals surface area contributed by atoms with E-state index in [4.69, 9.17) is 0 Å². The molecule has 96 valence electrons. The maximum atomic E-state index is 10.1. The van der Waals surface area contributed by atoms with Gasteiger partial charge in [-0.2, -0.15) is 0 Å². The maximum Gasteiger partial charge on any atom is 0.0795 e. The van der Waals surface area contributed by atoms with Gasteiger partial charge in [0, 0.05) is 0 Å². The fourth-order valence-electron chi connectivity index (χ4n) is 2.05. The highest BCUT2D eigenvalue weighted by molar-refractivity contribution is 5.24. The fourth-order valence-corrected chi connectivity index (χ4v) is 2.05. The molecule has 1 atom stereocenters. The van der Waals surface area contributed by atoms with Gasteiger partial charge in [-0.25, -0.2) is 0 Å². The summed E-state index contributed by atoms with van der Waals surface area (Å²) in [6, 6.07) is 8.41. The average molecular weight is 234 g/mol. The van der Waals surface area contributed by atoms with Gasteiger partial charge in [0.15, 0.2) is 0 Å². The first-order valence-electron chi connectivity index (χ1n) is 6.55. The van der Waals surface area contributed by atoms with E-state index in [1.807, 2.05) is 0 Å². The summed E-state index contributed by atoms with van der Waals surface area (Å²) in [5.74, 6) is 0.681. The molecule has 0 radical (unpaired) electrons. The monoisotopic (exact) mass is 234 g/mol. The number of rotatable bonds is 4. The SMILES string of the molecule is CC(C)Cc1ccc(C(O)CC(C)(C)C)cc1. The Bertz CT molecular complexity index is 330. The molecule has 1 heteroatoms. The number of hydrogen-bond donors (Lipinski definition) is 1. The first kappa shape index (κ1) is 14.2. The number of aliphatic hydroxyl groups excluding tert-OH is 1. The Morgan fingerprint density at radius 2 is 1.59 bits per heavy atom. The van der Waals surface area contributed by atoms with E-state index in [-0.39, 0.29) is 11.5 Å². The first-order chi connectivity index (χ1) is 7.78. The molecule has 0 aliphatic carbocycles. The van der Waals surface area contributed by atoms with Crippen LogP contribution < -0.4 is 0 Å². The molecular formula is C16H26O. The molecule has 17 heavy (non-hydrogen) atoms. The van der Waals surface area contributed by atoms with Crippen LogP contribution in [0.25, 0.3) is 0 Å². The Labute approximate surface area is 106 Å². The Morgan fingerprint density at radius 1 is 1.06 bits per heavy atom. The van der Waals surface area contributed by atoms with Gasteiger partial charge in [0.1, 0.15) is 0 Å². The van der Waals surface area contributed by atoms with Crippen LogP contribution in [-0.2, 0) is 6.42 Å². The van der Waals surface area contributed by atoms with Gasteiger partial charge in [-0.1, -0.05) is 58.9 Å². The third kappa shape index (κ3) is 5.36. The van der Waals surface area contributed by atoms with Crippen molar-refractivity contribution < 1.29 is 5.11 Å². The zero-order valence-electron chi connectivity index (χ0n) is 11.8. The molecule has 0 amide bonds. The Balaban J connectivity index is 2.67. The van der Waals surface area contributed by atoms with E-state index in [0.29, 0.717) is 5.92 Å². The minimum atomic E-state index is -0.344. The Hall–Kier alpha value is -0.820. The standard InChI is InChI=1S/C16H26O/c1-12(2)10-13-6-8-14(9-7-13)15(17)11-16(3,4)5/h6-9,12,15,17H,10-11H2,1-5H3. The zero-order valence-corrected chi connectivity index (χ0v) is 11.8. The molecule has 0 heterocycles. The zero-order chi connectivity index (χ0) is 13.1. The van der Waals surface area contributed by atoms with Crippen LogP contribution in [0.15, 0.2) is 24.3 Å². The fraction of sp³-hybridized carbons (Fsp3) is 0.625. The lowest BCUT2D eigenvalue weighted by Crippen LogP contribution is -2.11. The van der Waals surface area contributed by atoms with E-state index in [1.54, 1.807) is 0 Å². The molecule has 0 saturated carbocycles. The summed E-state index contributed by atoms with van der Waals surface area (Å²) >= 11 is 0. The second kappa shape index (κ2) is 5.68. The van der Waals surface area contributed by atoms with Crippen molar-refractivity contribution in [1.29, 1.82) is 0 Å². The maximum absolute atomic E-state index is 10.1. The van der Waals surface area contributed by atoms with Crippen LogP contribution in [0.5, 0.6) is 0 Å². The van der Waals surface area contributed by atoms with E-state index in [0.717, 1.165) is 18.4 Å². The second-order valence-corrected chi connectivity index (χ2v) is 6.62. The predicted octanol–water partition coefficient (Wildman–Crippen LogP) is 4.35. The van der Waals surface area contributed by atoms with E-state index in [9.17, 15) is 5.11 Å². The van der Waals surface area contributed by atoms with Crippen LogP contribution in [0.2, 0.25) is 0 Å². The lowest BCUT2D eigenvalue weighted by molar-refractivity contribution is 0.122. The molecule has 0 aliphatic rings. The van der Waals surface area contributed by atoms with Crippen molar-refractivity contribution in [1.82, 2.24) is 0 Å². The van der Waals surface area contributed by atoms with Crippen LogP contribution in [0.3, 0.4) is 0 Å². The second-order valence-electron chi connectivity index (χ2n) is 6.62. The van der Waals surface area contributed by atoms with E-state index < -0.39 is 0 Å². The van der Waals surface area contributed by atoms with Crippen LogP contribution in [-0.4, -0.2) is 5.11 Å². The van der Waals surface area contributed by atoms with Crippen LogP contribution in [0.4, 0.5) is 0 Å². The van der Waals surface area contributed by atoms with Crippen molar-refractivity contribution in [2.24, 2.45) is 11.3 Å². The minimum Gasteiger partial charge on any atom is -0.388 e. The quantitative estimate of drug-likeness (QED) is 0.821. The number of hydrogen-bond acceptors (Lipinski definition) is 1. The molecule has 1 aromatic rings. The molecule has 1 aromatic carbocycles. The largest absolute Gasteiger partial charge is 0.388 e. The Kier molecular flexibility index (Phi) is 4.76. The van der Waals surface area contributed by atoms with E-state index >= 15 is 0 Å². The van der Waals surface area contributed by atoms with Gasteiger partial charge in [0.05, 0.1) is 6.10 Å². The highest BCUT2D eigenvalue weighted by Crippen LogP contribution is 2.29. The van der Waals surface area contributed by atoms with Gasteiger partial charge in [0.2, 0.25) is 0 Å². The average Bonchev–Trinajstić information content (AvgIpc) is 2.15. The van der Waals surface area contributed by atoms with Gasteiger partial charge in [-0.05, 0) is 35.3 Å². The van der Waals surface area contributed by atoms with Gasteiger partial charge < -0.3 is 5.11 Å². The molecule has 0 aromatic heterocycles. The summed E-state index contributed by atoms with van der Waals surface area (Å²) in [7, 11) is 0. The number of benzene rings is 1. The highest BCUT2D eigenvalue weighted by Gasteiger charge is 2.17. The first-order valence-corrected chi connectivity index (χ1v) is 6.55. The molecule has 0 bridgehead atoms. The third-order valence-corrected chi connectivity index (χ3v) is 2.81. The van der Waals surface area contributed by atoms with Gasteiger partial charge >= 0.3 is 0 Å². The number of aliphatic hydroxyl groups is 1. The van der Waals surface area contributed by atoms with Crippen molar-refractivity contribution in [3.05, 3.63) is 35.4 Å². The summed E-state index contributed by atoms with van der Waals surface area (Å²) in [6.07, 6.45) is 1.56. The highest BCUT2D eigenvalue weighted by atomic mass is 16.3. The summed E-state index contributed by atoms with van der Waals surface area (Å²) in [4.78, 5) is 0. The summed E-state index contributed by atoms with van der Waals surface area (Å²) in [5.41, 5.74) is 2.55. The molecule has 0 spiro atoms. The van der Waals surface area contributed by atoms with Gasteiger partial charge in [-0.3, -0.25) is 0 Å². The summed E-state index contributed by atoms with van der Waals surface area (Å²) in [5, 5.41) is 10.1. The topological polar surface area (TPSA) is 20.2 Å². The molecule has 1 N–H and O–H groups in total. The van der Waals surface area contributed by atoms with Crippen LogP contribution >= 0.6 is 0 Å². The normalized spacial score (nSPS) is 14.1. The molecule has 1 rings (SSSR count). The third-order valence-electron chi connectivity index (χ3n) is 2.81. The van der Waals surface area contributed by atoms with E-state index in [2.05, 4.69) is 58.9 Å². The lowest BCUT2D eigenvalue weighted by Gasteiger charge is -2.22. The molecule has 0 fully saturated rings. The smallest absolute Gasteiger partial charge is 0.0795 e. The van der Waals surface area contributed by atoms with Crippen molar-refractivity contribution in [2.45, 2.75) is 53.6 Å². The van der Waals surface area contributed by atoms with Crippen LogP contribution in [0.1, 0.15) is 58.3 Å². The van der Waals surface area contributed by atoms with Gasteiger partial charge in [0.25, 0.3) is 0 Å². The molecule has 1 nitrogen and oxygen atoms in total. The predicted molar refractivity (Wildman–Crippen MR) is 74.0 cm³/mol.